The van der Waals surface area contributed by atoms with Crippen molar-refractivity contribution in [3.05, 3.63) is 47.4 Å². The van der Waals surface area contributed by atoms with Crippen LogP contribution in [-0.2, 0) is 13.0 Å². The highest BCUT2D eigenvalue weighted by atomic mass is 15.1. The number of nitrogens with two attached hydrogens (primary N) is 1. The number of aromatic nitrogens is 2. The zero-order chi connectivity index (χ0) is 13.8. The largest absolute Gasteiger partial charge is 0.383 e. The van der Waals surface area contributed by atoms with E-state index >= 15 is 0 Å². The third-order valence-electron chi connectivity index (χ3n) is 3.39. The molecule has 0 saturated heterocycles. The molecule has 98 valence electrons. The van der Waals surface area contributed by atoms with Crippen molar-refractivity contribution in [1.29, 1.82) is 0 Å². The fraction of sp³-hybridized carbons (Fsp3) is 0.312. The van der Waals surface area contributed by atoms with Gasteiger partial charge in [-0.25, -0.2) is 4.98 Å². The Bertz CT molecular complexity index is 590. The van der Waals surface area contributed by atoms with E-state index in [1.807, 2.05) is 22.8 Å². The number of hydrogen-bond donors (Lipinski definition) is 1. The molecule has 3 heteroatoms. The summed E-state index contributed by atoms with van der Waals surface area (Å²) in [4.78, 5) is 4.67. The number of anilines is 1. The predicted octanol–water partition coefficient (Wildman–Crippen LogP) is 2.81. The summed E-state index contributed by atoms with van der Waals surface area (Å²) in [6.45, 7) is 4.66. The van der Waals surface area contributed by atoms with Crippen LogP contribution >= 0.6 is 0 Å². The summed E-state index contributed by atoms with van der Waals surface area (Å²) in [5.41, 5.74) is 8.33. The van der Waals surface area contributed by atoms with Crippen LogP contribution in [0.25, 0.3) is 0 Å². The summed E-state index contributed by atoms with van der Waals surface area (Å²) < 4.78 is 1.93. The van der Waals surface area contributed by atoms with Crippen LogP contribution in [0.2, 0.25) is 0 Å². The number of rotatable bonds is 4. The normalized spacial score (nSPS) is 12.1. The molecule has 3 nitrogen and oxygen atoms in total. The number of benzene rings is 1. The van der Waals surface area contributed by atoms with E-state index in [-0.39, 0.29) is 5.92 Å². The second-order valence-electron chi connectivity index (χ2n) is 4.57. The number of nitrogens with zero attached hydrogens (tertiary/aromatic N) is 2. The minimum atomic E-state index is 0.172. The molecule has 1 atom stereocenters. The molecule has 1 unspecified atom stereocenters. The average molecular weight is 253 g/mol. The molecule has 0 amide bonds. The zero-order valence-electron chi connectivity index (χ0n) is 11.4. The van der Waals surface area contributed by atoms with Crippen molar-refractivity contribution < 1.29 is 0 Å². The van der Waals surface area contributed by atoms with Crippen molar-refractivity contribution in [3.8, 4) is 12.3 Å². The maximum absolute atomic E-state index is 6.21. The smallest absolute Gasteiger partial charge is 0.128 e. The highest BCUT2D eigenvalue weighted by Gasteiger charge is 2.19. The Balaban J connectivity index is 2.43. The average Bonchev–Trinajstić information content (AvgIpc) is 2.76. The van der Waals surface area contributed by atoms with Gasteiger partial charge >= 0.3 is 0 Å². The van der Waals surface area contributed by atoms with E-state index in [0.717, 1.165) is 17.9 Å². The molecular formula is C16H19N3. The summed E-state index contributed by atoms with van der Waals surface area (Å²) in [7, 11) is 0. The molecule has 0 saturated carbocycles. The van der Waals surface area contributed by atoms with Crippen molar-refractivity contribution in [1.82, 2.24) is 9.55 Å². The van der Waals surface area contributed by atoms with Crippen LogP contribution in [0.1, 0.15) is 36.8 Å². The fourth-order valence-corrected chi connectivity index (χ4v) is 2.29. The lowest BCUT2D eigenvalue weighted by atomic mass is 9.98. The SMILES string of the molecule is C#CCn1c(CC)nc(C(C)c2ccccc2)c1N. The third kappa shape index (κ3) is 2.48. The van der Waals surface area contributed by atoms with Crippen LogP contribution in [0.3, 0.4) is 0 Å². The molecule has 1 heterocycles. The Hall–Kier alpha value is -2.21. The minimum Gasteiger partial charge on any atom is -0.383 e. The van der Waals surface area contributed by atoms with E-state index in [9.17, 15) is 0 Å². The lowest BCUT2D eigenvalue weighted by molar-refractivity contribution is 0.769. The van der Waals surface area contributed by atoms with Crippen molar-refractivity contribution in [3.63, 3.8) is 0 Å². The Morgan fingerprint density at radius 1 is 1.37 bits per heavy atom. The molecule has 0 aliphatic rings. The summed E-state index contributed by atoms with van der Waals surface area (Å²) in [5, 5.41) is 0. The molecular weight excluding hydrogens is 234 g/mol. The number of imidazole rings is 1. The quantitative estimate of drug-likeness (QED) is 0.851. The lowest BCUT2D eigenvalue weighted by Crippen LogP contribution is -2.07. The van der Waals surface area contributed by atoms with Crippen LogP contribution in [0.5, 0.6) is 0 Å². The van der Waals surface area contributed by atoms with Crippen molar-refractivity contribution in [2.75, 3.05) is 5.73 Å². The van der Waals surface area contributed by atoms with E-state index in [2.05, 4.69) is 36.9 Å². The highest BCUT2D eigenvalue weighted by Crippen LogP contribution is 2.28. The van der Waals surface area contributed by atoms with Gasteiger partial charge in [0, 0.05) is 12.3 Å². The topological polar surface area (TPSA) is 43.8 Å². The second kappa shape index (κ2) is 5.62. The standard InChI is InChI=1S/C16H19N3/c1-4-11-19-14(5-2)18-15(16(19)17)12(3)13-9-7-6-8-10-13/h1,6-10,12H,5,11,17H2,2-3H3. The molecule has 0 bridgehead atoms. The molecule has 0 radical (unpaired) electrons. The van der Waals surface area contributed by atoms with E-state index < -0.39 is 0 Å². The summed E-state index contributed by atoms with van der Waals surface area (Å²) >= 11 is 0. The fourth-order valence-electron chi connectivity index (χ4n) is 2.29. The molecule has 0 aliphatic carbocycles. The van der Waals surface area contributed by atoms with Gasteiger partial charge in [0.2, 0.25) is 0 Å². The van der Waals surface area contributed by atoms with Gasteiger partial charge in [0.05, 0.1) is 12.2 Å². The third-order valence-corrected chi connectivity index (χ3v) is 3.39. The predicted molar refractivity (Wildman–Crippen MR) is 78.8 cm³/mol. The first kappa shape index (κ1) is 13.2. The summed E-state index contributed by atoms with van der Waals surface area (Å²) in [5.74, 6) is 4.44. The first-order chi connectivity index (χ1) is 9.19. The molecule has 0 aliphatic heterocycles. The molecule has 1 aromatic carbocycles. The van der Waals surface area contributed by atoms with Gasteiger partial charge in [-0.1, -0.05) is 50.1 Å². The molecule has 0 fully saturated rings. The molecule has 2 aromatic rings. The minimum absolute atomic E-state index is 0.172. The Kier molecular flexibility index (Phi) is 3.91. The zero-order valence-corrected chi connectivity index (χ0v) is 11.4. The van der Waals surface area contributed by atoms with Crippen molar-refractivity contribution in [2.45, 2.75) is 32.7 Å². The second-order valence-corrected chi connectivity index (χ2v) is 4.57. The van der Waals surface area contributed by atoms with Gasteiger partial charge in [0.25, 0.3) is 0 Å². The monoisotopic (exact) mass is 253 g/mol. The number of nitrogen functional groups attached to an aromatic ring is 1. The van der Waals surface area contributed by atoms with Gasteiger partial charge in [-0.05, 0) is 5.56 Å². The van der Waals surface area contributed by atoms with E-state index in [0.29, 0.717) is 12.4 Å². The van der Waals surface area contributed by atoms with Gasteiger partial charge in [-0.2, -0.15) is 0 Å². The summed E-state index contributed by atoms with van der Waals surface area (Å²) in [6.07, 6.45) is 6.22. The van der Waals surface area contributed by atoms with Gasteiger partial charge in [0.15, 0.2) is 0 Å². The maximum atomic E-state index is 6.21. The van der Waals surface area contributed by atoms with E-state index in [1.165, 1.54) is 5.56 Å². The van der Waals surface area contributed by atoms with Crippen LogP contribution in [0, 0.1) is 12.3 Å². The Labute approximate surface area is 114 Å². The van der Waals surface area contributed by atoms with Crippen LogP contribution in [0.4, 0.5) is 5.82 Å². The first-order valence-electron chi connectivity index (χ1n) is 6.52. The number of terminal acetylenes is 1. The van der Waals surface area contributed by atoms with E-state index in [4.69, 9.17) is 12.2 Å². The van der Waals surface area contributed by atoms with Crippen LogP contribution < -0.4 is 5.73 Å². The molecule has 0 spiro atoms. The molecule has 2 rings (SSSR count). The number of aryl methyl sites for hydroxylation is 1. The Morgan fingerprint density at radius 2 is 2.05 bits per heavy atom. The summed E-state index contributed by atoms with van der Waals surface area (Å²) in [6, 6.07) is 10.3. The van der Waals surface area contributed by atoms with Crippen molar-refractivity contribution >= 4 is 5.82 Å². The maximum Gasteiger partial charge on any atom is 0.128 e. The molecule has 19 heavy (non-hydrogen) atoms. The lowest BCUT2D eigenvalue weighted by Gasteiger charge is -2.10. The van der Waals surface area contributed by atoms with Gasteiger partial charge in [-0.3, -0.25) is 0 Å². The molecule has 1 aromatic heterocycles. The van der Waals surface area contributed by atoms with Crippen LogP contribution in [0.15, 0.2) is 30.3 Å². The van der Waals surface area contributed by atoms with Gasteiger partial charge in [-0.15, -0.1) is 6.42 Å². The van der Waals surface area contributed by atoms with E-state index in [1.54, 1.807) is 0 Å². The number of hydrogen-bond acceptors (Lipinski definition) is 2. The van der Waals surface area contributed by atoms with Crippen molar-refractivity contribution in [2.24, 2.45) is 0 Å². The molecule has 2 N–H and O–H groups in total. The Morgan fingerprint density at radius 3 is 2.63 bits per heavy atom. The highest BCUT2D eigenvalue weighted by molar-refractivity contribution is 5.45. The van der Waals surface area contributed by atoms with Gasteiger partial charge in [0.1, 0.15) is 11.6 Å². The first-order valence-corrected chi connectivity index (χ1v) is 6.52. The van der Waals surface area contributed by atoms with Gasteiger partial charge < -0.3 is 10.3 Å². The van der Waals surface area contributed by atoms with Crippen LogP contribution in [-0.4, -0.2) is 9.55 Å².